The fourth-order valence-electron chi connectivity index (χ4n) is 4.67. The summed E-state index contributed by atoms with van der Waals surface area (Å²) in [5.74, 6) is 2.28. The Balaban J connectivity index is 1.46. The van der Waals surface area contributed by atoms with Gasteiger partial charge in [-0.05, 0) is 61.1 Å². The maximum absolute atomic E-state index is 12.7. The topological polar surface area (TPSA) is 29.1 Å². The number of rotatable bonds is 2. The molecule has 0 heterocycles. The Labute approximate surface area is 120 Å². The van der Waals surface area contributed by atoms with E-state index in [1.807, 2.05) is 0 Å². The van der Waals surface area contributed by atoms with Crippen molar-refractivity contribution in [2.45, 2.75) is 25.4 Å². The molecule has 0 spiro atoms. The number of hydrogen-bond donors (Lipinski definition) is 1. The van der Waals surface area contributed by atoms with E-state index in [-0.39, 0.29) is 17.5 Å². The van der Waals surface area contributed by atoms with Crippen molar-refractivity contribution in [3.8, 4) is 0 Å². The highest BCUT2D eigenvalue weighted by Gasteiger charge is 2.67. The summed E-state index contributed by atoms with van der Waals surface area (Å²) in [6, 6.07) is 4.86. The second-order valence-corrected chi connectivity index (χ2v) is 6.58. The molecule has 0 saturated heterocycles. The molecular formula is C16H16F3NO. The lowest BCUT2D eigenvalue weighted by Gasteiger charge is -2.11. The van der Waals surface area contributed by atoms with Gasteiger partial charge >= 0.3 is 6.18 Å². The first-order valence-corrected chi connectivity index (χ1v) is 7.43. The second kappa shape index (κ2) is 4.24. The number of hydrogen-bond acceptors (Lipinski definition) is 1. The summed E-state index contributed by atoms with van der Waals surface area (Å²) in [6.07, 6.45) is -0.684. The second-order valence-electron chi connectivity index (χ2n) is 6.58. The Morgan fingerprint density at radius 3 is 2.43 bits per heavy atom. The lowest BCUT2D eigenvalue weighted by molar-refractivity contribution is -0.137. The molecule has 21 heavy (non-hydrogen) atoms. The number of amides is 1. The average molecular weight is 295 g/mol. The first-order valence-electron chi connectivity index (χ1n) is 7.43. The number of carbonyl (C=O) groups excluding carboxylic acids is 1. The van der Waals surface area contributed by atoms with E-state index in [2.05, 4.69) is 5.32 Å². The van der Waals surface area contributed by atoms with E-state index >= 15 is 0 Å². The van der Waals surface area contributed by atoms with Gasteiger partial charge < -0.3 is 5.32 Å². The number of fused-ring (bicyclic) bond motifs is 5. The Morgan fingerprint density at radius 1 is 1.14 bits per heavy atom. The minimum atomic E-state index is -4.38. The number of carbonyl (C=O) groups is 1. The van der Waals surface area contributed by atoms with Crippen molar-refractivity contribution in [1.29, 1.82) is 0 Å². The van der Waals surface area contributed by atoms with Crippen molar-refractivity contribution < 1.29 is 18.0 Å². The summed E-state index contributed by atoms with van der Waals surface area (Å²) in [6.45, 7) is 0. The largest absolute Gasteiger partial charge is 0.416 e. The molecule has 0 radical (unpaired) electrons. The molecule has 3 fully saturated rings. The van der Waals surface area contributed by atoms with E-state index in [0.717, 1.165) is 12.1 Å². The zero-order valence-corrected chi connectivity index (χ0v) is 11.4. The predicted octanol–water partition coefficient (Wildman–Crippen LogP) is 3.94. The zero-order valence-electron chi connectivity index (χ0n) is 11.4. The van der Waals surface area contributed by atoms with Crippen LogP contribution in [0.4, 0.5) is 18.9 Å². The lowest BCUT2D eigenvalue weighted by Crippen LogP contribution is -2.19. The molecule has 1 N–H and O–H groups in total. The first-order chi connectivity index (χ1) is 9.95. The molecule has 112 valence electrons. The molecule has 0 aliphatic heterocycles. The van der Waals surface area contributed by atoms with Gasteiger partial charge in [0.15, 0.2) is 0 Å². The van der Waals surface area contributed by atoms with E-state index in [1.54, 1.807) is 0 Å². The number of alkyl halides is 3. The van der Waals surface area contributed by atoms with Crippen molar-refractivity contribution in [2.24, 2.45) is 29.6 Å². The fourth-order valence-corrected chi connectivity index (χ4v) is 4.67. The molecule has 3 aliphatic rings. The van der Waals surface area contributed by atoms with Crippen LogP contribution >= 0.6 is 0 Å². The highest BCUT2D eigenvalue weighted by atomic mass is 19.4. The van der Waals surface area contributed by atoms with Crippen LogP contribution < -0.4 is 5.32 Å². The van der Waals surface area contributed by atoms with E-state index in [9.17, 15) is 18.0 Å². The van der Waals surface area contributed by atoms with Crippen molar-refractivity contribution in [2.75, 3.05) is 5.32 Å². The maximum atomic E-state index is 12.7. The molecule has 4 rings (SSSR count). The van der Waals surface area contributed by atoms with E-state index in [4.69, 9.17) is 0 Å². The van der Waals surface area contributed by atoms with Crippen molar-refractivity contribution in [1.82, 2.24) is 0 Å². The molecule has 5 atom stereocenters. The Hall–Kier alpha value is -1.52. The highest BCUT2D eigenvalue weighted by molar-refractivity contribution is 5.95. The number of nitrogens with one attached hydrogen (secondary N) is 1. The fraction of sp³-hybridized carbons (Fsp3) is 0.562. The van der Waals surface area contributed by atoms with E-state index < -0.39 is 11.7 Å². The summed E-state index contributed by atoms with van der Waals surface area (Å²) in [5, 5.41) is 2.67. The van der Waals surface area contributed by atoms with Gasteiger partial charge in [-0.3, -0.25) is 4.79 Å². The van der Waals surface area contributed by atoms with Crippen LogP contribution in [0, 0.1) is 29.6 Å². The molecule has 1 unspecified atom stereocenters. The van der Waals surface area contributed by atoms with Crippen molar-refractivity contribution in [3.63, 3.8) is 0 Å². The molecule has 1 aromatic carbocycles. The van der Waals surface area contributed by atoms with Gasteiger partial charge in [-0.2, -0.15) is 13.2 Å². The molecule has 1 aromatic rings. The minimum Gasteiger partial charge on any atom is -0.326 e. The Kier molecular flexibility index (Phi) is 2.66. The molecule has 0 aromatic heterocycles. The quantitative estimate of drug-likeness (QED) is 0.880. The monoisotopic (exact) mass is 295 g/mol. The van der Waals surface area contributed by atoms with E-state index in [0.29, 0.717) is 23.7 Å². The Morgan fingerprint density at radius 2 is 1.81 bits per heavy atom. The Bertz CT molecular complexity index is 581. The van der Waals surface area contributed by atoms with Crippen LogP contribution in [-0.2, 0) is 11.0 Å². The van der Waals surface area contributed by atoms with Gasteiger partial charge in [-0.1, -0.05) is 6.07 Å². The highest BCUT2D eigenvalue weighted by Crippen LogP contribution is 2.69. The molecular weight excluding hydrogens is 279 g/mol. The summed E-state index contributed by atoms with van der Waals surface area (Å²) in [4.78, 5) is 12.3. The van der Waals surface area contributed by atoms with Crippen LogP contribution in [0.1, 0.15) is 24.8 Å². The molecule has 3 aliphatic carbocycles. The smallest absolute Gasteiger partial charge is 0.326 e. The molecule has 3 saturated carbocycles. The zero-order chi connectivity index (χ0) is 14.8. The van der Waals surface area contributed by atoms with Crippen LogP contribution in [0.3, 0.4) is 0 Å². The van der Waals surface area contributed by atoms with Crippen LogP contribution in [0.2, 0.25) is 0 Å². The maximum Gasteiger partial charge on any atom is 0.416 e. The van der Waals surface area contributed by atoms with Gasteiger partial charge in [0.05, 0.1) is 5.56 Å². The van der Waals surface area contributed by atoms with Gasteiger partial charge in [0.1, 0.15) is 0 Å². The van der Waals surface area contributed by atoms with Crippen LogP contribution in [0.25, 0.3) is 0 Å². The van der Waals surface area contributed by atoms with Gasteiger partial charge in [-0.15, -0.1) is 0 Å². The normalized spacial score (nSPS) is 36.4. The number of anilines is 1. The number of halogens is 3. The lowest BCUT2D eigenvalue weighted by atomic mass is 10.0. The predicted molar refractivity (Wildman–Crippen MR) is 71.4 cm³/mol. The minimum absolute atomic E-state index is 0.0331. The standard InChI is InChI=1S/C16H16F3NO/c17-16(18,19)10-2-1-3-11(7-10)20-15(21)14-12-8-4-5-9(6-8)13(12)14/h1-3,7-9,12-14H,4-6H2,(H,20,21)/t8-,9-,12-,13+,14?/m1/s1. The summed E-state index contributed by atoms with van der Waals surface area (Å²) >= 11 is 0. The molecule has 2 bridgehead atoms. The number of benzene rings is 1. The van der Waals surface area contributed by atoms with Gasteiger partial charge in [0, 0.05) is 11.6 Å². The molecule has 5 heteroatoms. The van der Waals surface area contributed by atoms with Crippen LogP contribution in [0.5, 0.6) is 0 Å². The van der Waals surface area contributed by atoms with Crippen molar-refractivity contribution >= 4 is 11.6 Å². The summed E-state index contributed by atoms with van der Waals surface area (Å²) in [7, 11) is 0. The third-order valence-electron chi connectivity index (χ3n) is 5.50. The third-order valence-corrected chi connectivity index (χ3v) is 5.50. The van der Waals surface area contributed by atoms with Gasteiger partial charge in [0.2, 0.25) is 5.91 Å². The van der Waals surface area contributed by atoms with Crippen LogP contribution in [0.15, 0.2) is 24.3 Å². The SMILES string of the molecule is O=C(Nc1cccc(C(F)(F)F)c1)C1[C@@H]2[C@@H]3CC[C@H](C3)[C@H]12. The van der Waals surface area contributed by atoms with Gasteiger partial charge in [0.25, 0.3) is 0 Å². The van der Waals surface area contributed by atoms with Crippen molar-refractivity contribution in [3.05, 3.63) is 29.8 Å². The summed E-state index contributed by atoms with van der Waals surface area (Å²) < 4.78 is 38.0. The van der Waals surface area contributed by atoms with Crippen LogP contribution in [-0.4, -0.2) is 5.91 Å². The van der Waals surface area contributed by atoms with Gasteiger partial charge in [-0.25, -0.2) is 0 Å². The van der Waals surface area contributed by atoms with E-state index in [1.165, 1.54) is 31.4 Å². The third kappa shape index (κ3) is 2.05. The average Bonchev–Trinajstić information content (AvgIpc) is 2.87. The molecule has 1 amide bonds. The molecule has 2 nitrogen and oxygen atoms in total. The summed E-state index contributed by atoms with van der Waals surface area (Å²) in [5.41, 5.74) is -0.483. The first kappa shape index (κ1) is 13.2.